The molecule has 2 saturated carbocycles. The molecule has 0 bridgehead atoms. The van der Waals surface area contributed by atoms with Crippen LogP contribution >= 0.6 is 11.6 Å². The molecule has 5 nitrogen and oxygen atoms in total. The van der Waals surface area contributed by atoms with Crippen LogP contribution in [-0.2, 0) is 10.2 Å². The maximum absolute atomic E-state index is 13.3. The molecule has 3 aromatic rings. The summed E-state index contributed by atoms with van der Waals surface area (Å²) in [5, 5.41) is 0.956. The second-order valence-electron chi connectivity index (χ2n) is 12.4. The fraction of sp³-hybridized carbons (Fsp3) is 0.500. The highest BCUT2D eigenvalue weighted by Crippen LogP contribution is 2.52. The smallest absolute Gasteiger partial charge is 0.282 e. The number of aromatic nitrogens is 2. The van der Waals surface area contributed by atoms with Crippen molar-refractivity contribution in [3.8, 4) is 18.0 Å². The highest BCUT2D eigenvalue weighted by Gasteiger charge is 2.46. The Labute approximate surface area is 240 Å². The zero-order chi connectivity index (χ0) is 27.4. The number of nitrogens with zero attached hydrogens (tertiary/aromatic N) is 3. The van der Waals surface area contributed by atoms with Crippen molar-refractivity contribution in [1.29, 1.82) is 0 Å². The molecule has 206 valence electrons. The lowest BCUT2D eigenvalue weighted by atomic mass is 9.69. The zero-order valence-corrected chi connectivity index (χ0v) is 23.8. The summed E-state index contributed by atoms with van der Waals surface area (Å²) in [6, 6.07) is 12.7. The van der Waals surface area contributed by atoms with Gasteiger partial charge in [-0.15, -0.1) is 12.3 Å². The normalized spacial score (nSPS) is 24.1. The summed E-state index contributed by atoms with van der Waals surface area (Å²) < 4.78 is 2.23. The lowest BCUT2D eigenvalue weighted by Crippen LogP contribution is -2.42. The fourth-order valence-corrected chi connectivity index (χ4v) is 8.40. The maximum atomic E-state index is 13.3. The highest BCUT2D eigenvalue weighted by atomic mass is 35.5. The second kappa shape index (κ2) is 10.1. The van der Waals surface area contributed by atoms with Crippen LogP contribution in [0.15, 0.2) is 41.2 Å². The van der Waals surface area contributed by atoms with Crippen LogP contribution < -0.4 is 5.56 Å². The number of piperidine rings is 1. The minimum Gasteiger partial charge on any atom is -0.342 e. The fourth-order valence-electron chi connectivity index (χ4n) is 8.15. The summed E-state index contributed by atoms with van der Waals surface area (Å²) in [6.07, 6.45) is 16.9. The Kier molecular flexibility index (Phi) is 6.50. The predicted octanol–water partition coefficient (Wildman–Crippen LogP) is 6.75. The number of carbonyl (C=O) groups excluding carboxylic acids is 1. The maximum Gasteiger partial charge on any atom is 0.282 e. The molecule has 1 spiro atoms. The molecule has 3 heterocycles. The molecular formula is C34H36ClN3O2. The highest BCUT2D eigenvalue weighted by molar-refractivity contribution is 6.35. The van der Waals surface area contributed by atoms with Crippen molar-refractivity contribution < 1.29 is 4.79 Å². The number of likely N-dealkylation sites (tertiary alicyclic amines) is 1. The molecule has 1 saturated heterocycles. The minimum atomic E-state index is -0.227. The number of rotatable bonds is 2. The molecule has 2 aliphatic carbocycles. The molecule has 40 heavy (non-hydrogen) atoms. The van der Waals surface area contributed by atoms with Gasteiger partial charge in [0.05, 0.1) is 27.0 Å². The van der Waals surface area contributed by atoms with Crippen molar-refractivity contribution in [3.63, 3.8) is 0 Å². The van der Waals surface area contributed by atoms with Gasteiger partial charge in [-0.2, -0.15) is 4.98 Å². The first-order valence-corrected chi connectivity index (χ1v) is 15.5. The molecule has 0 radical (unpaired) electrons. The molecule has 2 aliphatic heterocycles. The van der Waals surface area contributed by atoms with Crippen LogP contribution in [0.25, 0.3) is 16.6 Å². The van der Waals surface area contributed by atoms with E-state index in [1.807, 2.05) is 12.1 Å². The zero-order valence-electron chi connectivity index (χ0n) is 23.0. The van der Waals surface area contributed by atoms with Gasteiger partial charge >= 0.3 is 0 Å². The summed E-state index contributed by atoms with van der Waals surface area (Å²) in [5.41, 5.74) is 4.17. The van der Waals surface area contributed by atoms with Crippen molar-refractivity contribution in [1.82, 2.24) is 14.5 Å². The van der Waals surface area contributed by atoms with Gasteiger partial charge in [-0.3, -0.25) is 14.2 Å². The van der Waals surface area contributed by atoms with Gasteiger partial charge in [-0.05, 0) is 86.6 Å². The van der Waals surface area contributed by atoms with Crippen LogP contribution in [0.4, 0.5) is 0 Å². The first-order valence-electron chi connectivity index (χ1n) is 15.1. The molecule has 7 rings (SSSR count). The first-order chi connectivity index (χ1) is 19.5. The summed E-state index contributed by atoms with van der Waals surface area (Å²) in [4.78, 5) is 33.3. The molecule has 1 amide bonds. The van der Waals surface area contributed by atoms with E-state index in [4.69, 9.17) is 23.0 Å². The lowest BCUT2D eigenvalue weighted by Gasteiger charge is -2.36. The summed E-state index contributed by atoms with van der Waals surface area (Å²) in [7, 11) is 0. The van der Waals surface area contributed by atoms with E-state index in [1.54, 1.807) is 6.07 Å². The van der Waals surface area contributed by atoms with Crippen molar-refractivity contribution in [2.75, 3.05) is 13.1 Å². The minimum absolute atomic E-state index is 0.138. The second-order valence-corrected chi connectivity index (χ2v) is 12.9. The van der Waals surface area contributed by atoms with Crippen LogP contribution in [0.1, 0.15) is 93.5 Å². The number of fused-ring (bicyclic) bond motifs is 7. The van der Waals surface area contributed by atoms with E-state index in [0.717, 1.165) is 94.3 Å². The number of benzene rings is 2. The van der Waals surface area contributed by atoms with Crippen molar-refractivity contribution in [2.24, 2.45) is 11.8 Å². The molecular weight excluding hydrogens is 518 g/mol. The van der Waals surface area contributed by atoms with Gasteiger partial charge in [-0.1, -0.05) is 49.1 Å². The van der Waals surface area contributed by atoms with E-state index in [9.17, 15) is 9.59 Å². The Morgan fingerprint density at radius 2 is 1.75 bits per heavy atom. The van der Waals surface area contributed by atoms with Crippen molar-refractivity contribution in [2.45, 2.75) is 82.0 Å². The van der Waals surface area contributed by atoms with E-state index in [1.165, 1.54) is 17.5 Å². The van der Waals surface area contributed by atoms with Crippen LogP contribution in [-0.4, -0.2) is 33.4 Å². The Balaban J connectivity index is 1.20. The molecule has 0 N–H and O–H groups in total. The Hall–Kier alpha value is -3.10. The van der Waals surface area contributed by atoms with Crippen molar-refractivity contribution in [3.05, 3.63) is 68.7 Å². The van der Waals surface area contributed by atoms with E-state index in [2.05, 4.69) is 33.6 Å². The number of halogens is 1. The third-order valence-electron chi connectivity index (χ3n) is 10.4. The molecule has 6 heteroatoms. The van der Waals surface area contributed by atoms with E-state index < -0.39 is 0 Å². The summed E-state index contributed by atoms with van der Waals surface area (Å²) >= 11 is 6.54. The van der Waals surface area contributed by atoms with Crippen LogP contribution in [0, 0.1) is 24.2 Å². The van der Waals surface area contributed by atoms with E-state index in [0.29, 0.717) is 28.2 Å². The lowest BCUT2D eigenvalue weighted by molar-refractivity contribution is -0.137. The third-order valence-corrected chi connectivity index (χ3v) is 10.7. The van der Waals surface area contributed by atoms with Crippen molar-refractivity contribution >= 4 is 28.4 Å². The molecule has 3 fully saturated rings. The number of hydrogen-bond donors (Lipinski definition) is 0. The van der Waals surface area contributed by atoms with Gasteiger partial charge in [0.2, 0.25) is 5.91 Å². The van der Waals surface area contributed by atoms with Crippen LogP contribution in [0.2, 0.25) is 5.02 Å². The van der Waals surface area contributed by atoms with Gasteiger partial charge in [-0.25, -0.2) is 0 Å². The molecule has 0 atom stereocenters. The number of amides is 1. The van der Waals surface area contributed by atoms with Crippen LogP contribution in [0.3, 0.4) is 0 Å². The largest absolute Gasteiger partial charge is 0.342 e. The molecule has 4 aliphatic rings. The Bertz CT molecular complexity index is 1580. The van der Waals surface area contributed by atoms with Gasteiger partial charge in [0.15, 0.2) is 0 Å². The Morgan fingerprint density at radius 1 is 1.00 bits per heavy atom. The van der Waals surface area contributed by atoms with Gasteiger partial charge in [0.25, 0.3) is 5.56 Å². The van der Waals surface area contributed by atoms with E-state index in [-0.39, 0.29) is 16.9 Å². The quantitative estimate of drug-likeness (QED) is 0.330. The molecule has 2 aromatic carbocycles. The Morgan fingerprint density at radius 3 is 2.48 bits per heavy atom. The van der Waals surface area contributed by atoms with Gasteiger partial charge in [0, 0.05) is 24.9 Å². The summed E-state index contributed by atoms with van der Waals surface area (Å²) in [5.74, 6) is 4.97. The molecule has 0 unspecified atom stereocenters. The monoisotopic (exact) mass is 553 g/mol. The van der Waals surface area contributed by atoms with E-state index >= 15 is 0 Å². The number of hydrogen-bond acceptors (Lipinski definition) is 3. The van der Waals surface area contributed by atoms with Gasteiger partial charge in [0.1, 0.15) is 5.82 Å². The third kappa shape index (κ3) is 4.02. The average Bonchev–Trinajstić information content (AvgIpc) is 3.25. The molecule has 1 aromatic heterocycles. The average molecular weight is 554 g/mol. The first kappa shape index (κ1) is 25.8. The number of carbonyl (C=O) groups is 1. The SMILES string of the molecule is C#CC1CCC(C(=O)N2CCC(c3ccc4c(c3)-n3c(nc(=O)c5c(Cl)cccc53)C43CCCCC3)CC2)CC1. The standard InChI is InChI=1S/C34H36ClN3O2/c1-2-22-9-11-24(12-10-22)32(40)37-19-15-23(16-20-37)25-13-14-26-29(21-25)38-28-8-6-7-27(35)30(28)31(39)36-33(38)34(26)17-4-3-5-18-34/h1,6-8,13-14,21-24H,3-5,9-12,15-20H2. The predicted molar refractivity (Wildman–Crippen MR) is 159 cm³/mol. The number of terminal acetylenes is 1. The topological polar surface area (TPSA) is 55.2 Å². The van der Waals surface area contributed by atoms with Crippen LogP contribution in [0.5, 0.6) is 0 Å². The summed E-state index contributed by atoms with van der Waals surface area (Å²) in [6.45, 7) is 1.62. The van der Waals surface area contributed by atoms with Gasteiger partial charge < -0.3 is 4.90 Å².